The van der Waals surface area contributed by atoms with Crippen molar-refractivity contribution in [1.82, 2.24) is 10.2 Å². The van der Waals surface area contributed by atoms with Gasteiger partial charge < -0.3 is 4.74 Å². The van der Waals surface area contributed by atoms with Crippen molar-refractivity contribution in [3.63, 3.8) is 0 Å². The van der Waals surface area contributed by atoms with Gasteiger partial charge in [0.05, 0.1) is 11.8 Å². The van der Waals surface area contributed by atoms with Crippen molar-refractivity contribution in [3.8, 4) is 16.9 Å². The summed E-state index contributed by atoms with van der Waals surface area (Å²) in [6.45, 7) is 3.69. The lowest BCUT2D eigenvalue weighted by Gasteiger charge is -2.23. The van der Waals surface area contributed by atoms with Gasteiger partial charge in [0, 0.05) is 12.5 Å². The highest BCUT2D eigenvalue weighted by molar-refractivity contribution is 5.93. The highest BCUT2D eigenvalue weighted by atomic mass is 16.5. The van der Waals surface area contributed by atoms with Gasteiger partial charge >= 0.3 is 0 Å². The van der Waals surface area contributed by atoms with Gasteiger partial charge in [-0.3, -0.25) is 4.79 Å². The summed E-state index contributed by atoms with van der Waals surface area (Å²) in [4.78, 5) is 11.7. The Bertz CT molecular complexity index is 734. The molecule has 26 heavy (non-hydrogen) atoms. The van der Waals surface area contributed by atoms with Gasteiger partial charge in [0.1, 0.15) is 11.4 Å². The van der Waals surface area contributed by atoms with E-state index in [2.05, 4.69) is 29.3 Å². The summed E-state index contributed by atoms with van der Waals surface area (Å²) < 4.78 is 6.12. The van der Waals surface area contributed by atoms with Crippen molar-refractivity contribution in [2.24, 2.45) is 0 Å². The molecule has 0 saturated heterocycles. The summed E-state index contributed by atoms with van der Waals surface area (Å²) in [7, 11) is 0. The van der Waals surface area contributed by atoms with E-state index in [0.29, 0.717) is 11.8 Å². The first-order chi connectivity index (χ1) is 12.7. The standard InChI is InChI=1S/C22H28N2O2/c1-3-4-10-21-20(15-22(16(2)25)24-23-21)17-11-13-19(14-12-17)26-18-8-6-5-7-9-18/h11-15,18H,3-10H2,1-2H3. The zero-order chi connectivity index (χ0) is 18.4. The van der Waals surface area contributed by atoms with Gasteiger partial charge in [-0.1, -0.05) is 31.9 Å². The van der Waals surface area contributed by atoms with Crippen molar-refractivity contribution in [2.45, 2.75) is 71.3 Å². The van der Waals surface area contributed by atoms with Crippen LogP contribution in [-0.4, -0.2) is 22.1 Å². The molecule has 4 nitrogen and oxygen atoms in total. The average molecular weight is 352 g/mol. The van der Waals surface area contributed by atoms with Gasteiger partial charge in [0.2, 0.25) is 0 Å². The smallest absolute Gasteiger partial charge is 0.180 e. The van der Waals surface area contributed by atoms with E-state index in [-0.39, 0.29) is 5.78 Å². The number of aromatic nitrogens is 2. The highest BCUT2D eigenvalue weighted by Crippen LogP contribution is 2.28. The molecule has 1 heterocycles. The van der Waals surface area contributed by atoms with Crippen LogP contribution >= 0.6 is 0 Å². The summed E-state index contributed by atoms with van der Waals surface area (Å²) in [5.74, 6) is 0.864. The van der Waals surface area contributed by atoms with E-state index in [9.17, 15) is 4.79 Å². The van der Waals surface area contributed by atoms with Gasteiger partial charge in [0.25, 0.3) is 0 Å². The number of ether oxygens (including phenoxy) is 1. The summed E-state index contributed by atoms with van der Waals surface area (Å²) in [5, 5.41) is 8.42. The lowest BCUT2D eigenvalue weighted by atomic mass is 9.97. The fraction of sp³-hybridized carbons (Fsp3) is 0.500. The average Bonchev–Trinajstić information content (AvgIpc) is 2.67. The van der Waals surface area contributed by atoms with Crippen molar-refractivity contribution in [2.75, 3.05) is 0 Å². The Morgan fingerprint density at radius 1 is 1.12 bits per heavy atom. The van der Waals surface area contributed by atoms with E-state index < -0.39 is 0 Å². The fourth-order valence-corrected chi connectivity index (χ4v) is 3.46. The van der Waals surface area contributed by atoms with Crippen LogP contribution in [-0.2, 0) is 6.42 Å². The normalized spacial score (nSPS) is 15.0. The van der Waals surface area contributed by atoms with Crippen LogP contribution in [0.15, 0.2) is 30.3 Å². The van der Waals surface area contributed by atoms with Crippen LogP contribution in [0.5, 0.6) is 5.75 Å². The van der Waals surface area contributed by atoms with Crippen LogP contribution in [0.4, 0.5) is 0 Å². The Hall–Kier alpha value is -2.23. The molecule has 1 fully saturated rings. The van der Waals surface area contributed by atoms with E-state index in [1.165, 1.54) is 26.2 Å². The Morgan fingerprint density at radius 3 is 2.50 bits per heavy atom. The number of benzene rings is 1. The number of ketones is 1. The molecule has 0 radical (unpaired) electrons. The van der Waals surface area contributed by atoms with Crippen LogP contribution in [0.25, 0.3) is 11.1 Å². The van der Waals surface area contributed by atoms with Crippen LogP contribution in [0, 0.1) is 0 Å². The van der Waals surface area contributed by atoms with Crippen LogP contribution in [0.2, 0.25) is 0 Å². The topological polar surface area (TPSA) is 52.1 Å². The van der Waals surface area contributed by atoms with Crippen molar-refractivity contribution in [1.29, 1.82) is 0 Å². The molecule has 0 atom stereocenters. The lowest BCUT2D eigenvalue weighted by Crippen LogP contribution is -2.19. The van der Waals surface area contributed by atoms with Crippen molar-refractivity contribution < 1.29 is 9.53 Å². The number of aryl methyl sites for hydroxylation is 1. The quantitative estimate of drug-likeness (QED) is 0.626. The summed E-state index contributed by atoms with van der Waals surface area (Å²) in [6, 6.07) is 10.1. The van der Waals surface area contributed by atoms with Gasteiger partial charge in [-0.2, -0.15) is 5.10 Å². The molecule has 0 aliphatic heterocycles. The van der Waals surface area contributed by atoms with E-state index in [0.717, 1.165) is 54.7 Å². The van der Waals surface area contributed by atoms with Crippen molar-refractivity contribution >= 4 is 5.78 Å². The highest BCUT2D eigenvalue weighted by Gasteiger charge is 2.15. The molecule has 1 aromatic heterocycles. The zero-order valence-corrected chi connectivity index (χ0v) is 15.8. The number of carbonyl (C=O) groups excluding carboxylic acids is 1. The molecule has 138 valence electrons. The monoisotopic (exact) mass is 352 g/mol. The predicted molar refractivity (Wildman–Crippen MR) is 104 cm³/mol. The molecule has 1 aliphatic carbocycles. The van der Waals surface area contributed by atoms with E-state index >= 15 is 0 Å². The first kappa shape index (κ1) is 18.6. The minimum Gasteiger partial charge on any atom is -0.490 e. The van der Waals surface area contributed by atoms with E-state index in [1.807, 2.05) is 18.2 Å². The Kier molecular flexibility index (Phi) is 6.37. The summed E-state index contributed by atoms with van der Waals surface area (Å²) in [6.07, 6.45) is 9.54. The maximum atomic E-state index is 11.7. The largest absolute Gasteiger partial charge is 0.490 e. The molecular formula is C22H28N2O2. The molecule has 4 heteroatoms. The molecule has 0 amide bonds. The Morgan fingerprint density at radius 2 is 1.85 bits per heavy atom. The number of carbonyl (C=O) groups is 1. The molecular weight excluding hydrogens is 324 g/mol. The van der Waals surface area contributed by atoms with Crippen LogP contribution < -0.4 is 4.74 Å². The maximum absolute atomic E-state index is 11.7. The molecule has 1 saturated carbocycles. The first-order valence-corrected chi connectivity index (χ1v) is 9.82. The van der Waals surface area contributed by atoms with Crippen LogP contribution in [0.1, 0.15) is 75.0 Å². The van der Waals surface area contributed by atoms with Gasteiger partial charge in [-0.05, 0) is 62.3 Å². The predicted octanol–water partition coefficient (Wildman–Crippen LogP) is 5.40. The third kappa shape index (κ3) is 4.69. The summed E-state index contributed by atoms with van der Waals surface area (Å²) in [5.41, 5.74) is 3.44. The molecule has 2 aromatic rings. The number of nitrogens with zero attached hydrogens (tertiary/aromatic N) is 2. The molecule has 1 aromatic carbocycles. The second-order valence-electron chi connectivity index (χ2n) is 7.15. The molecule has 3 rings (SSSR count). The number of unbranched alkanes of at least 4 members (excludes halogenated alkanes) is 1. The second-order valence-corrected chi connectivity index (χ2v) is 7.15. The minimum atomic E-state index is -0.0574. The number of hydrogen-bond donors (Lipinski definition) is 0. The van der Waals surface area contributed by atoms with Gasteiger partial charge in [-0.25, -0.2) is 0 Å². The molecule has 0 N–H and O–H groups in total. The third-order valence-corrected chi connectivity index (χ3v) is 5.02. The summed E-state index contributed by atoms with van der Waals surface area (Å²) >= 11 is 0. The Balaban J connectivity index is 1.82. The molecule has 0 unspecified atom stereocenters. The SMILES string of the molecule is CCCCc1nnc(C(C)=O)cc1-c1ccc(OC2CCCCC2)cc1. The second kappa shape index (κ2) is 8.93. The lowest BCUT2D eigenvalue weighted by molar-refractivity contribution is 0.101. The number of hydrogen-bond acceptors (Lipinski definition) is 4. The molecule has 1 aliphatic rings. The van der Waals surface area contributed by atoms with E-state index in [1.54, 1.807) is 0 Å². The minimum absolute atomic E-state index is 0.0574. The Labute approximate surface area is 156 Å². The first-order valence-electron chi connectivity index (χ1n) is 9.82. The maximum Gasteiger partial charge on any atom is 0.180 e. The third-order valence-electron chi connectivity index (χ3n) is 5.02. The fourth-order valence-electron chi connectivity index (χ4n) is 3.46. The number of rotatable bonds is 7. The van der Waals surface area contributed by atoms with E-state index in [4.69, 9.17) is 4.74 Å². The van der Waals surface area contributed by atoms with Crippen LogP contribution in [0.3, 0.4) is 0 Å². The zero-order valence-electron chi connectivity index (χ0n) is 15.8. The molecule has 0 bridgehead atoms. The number of Topliss-reactive ketones (excluding diaryl/α,β-unsaturated/α-hetero) is 1. The van der Waals surface area contributed by atoms with Gasteiger partial charge in [-0.15, -0.1) is 5.10 Å². The van der Waals surface area contributed by atoms with Crippen molar-refractivity contribution in [3.05, 3.63) is 41.7 Å². The molecule has 0 spiro atoms. The van der Waals surface area contributed by atoms with Gasteiger partial charge in [0.15, 0.2) is 5.78 Å².